The second kappa shape index (κ2) is 9.03. The first kappa shape index (κ1) is 19.4. The summed E-state index contributed by atoms with van der Waals surface area (Å²) in [6.07, 6.45) is 0.667. The number of esters is 1. The van der Waals surface area contributed by atoms with E-state index in [4.69, 9.17) is 14.2 Å². The summed E-state index contributed by atoms with van der Waals surface area (Å²) >= 11 is 0. The molecule has 0 saturated carbocycles. The summed E-state index contributed by atoms with van der Waals surface area (Å²) in [6.45, 7) is 1.71. The molecule has 1 amide bonds. The van der Waals surface area contributed by atoms with E-state index in [1.807, 2.05) is 43.3 Å². The zero-order valence-corrected chi connectivity index (χ0v) is 15.9. The van der Waals surface area contributed by atoms with E-state index in [1.165, 1.54) is 12.1 Å². The van der Waals surface area contributed by atoms with Crippen molar-refractivity contribution in [3.8, 4) is 11.5 Å². The predicted octanol–water partition coefficient (Wildman–Crippen LogP) is 2.56. The average molecular weight is 382 g/mol. The molecule has 0 unspecified atom stereocenters. The van der Waals surface area contributed by atoms with Crippen molar-refractivity contribution in [3.63, 3.8) is 0 Å². The fourth-order valence-electron chi connectivity index (χ4n) is 2.76. The van der Waals surface area contributed by atoms with Crippen molar-refractivity contribution in [3.05, 3.63) is 59.7 Å². The smallest absolute Gasteiger partial charge is 0.344 e. The topological polar surface area (TPSA) is 77.4 Å². The van der Waals surface area contributed by atoms with Crippen molar-refractivity contribution in [2.45, 2.75) is 13.3 Å². The van der Waals surface area contributed by atoms with Crippen LogP contribution in [0.15, 0.2) is 53.6 Å². The number of nitrogens with zero attached hydrogens (tertiary/aromatic N) is 2. The number of carbonyl (C=O) groups excluding carboxylic acids is 2. The minimum atomic E-state index is -0.637. The fraction of sp³-hybridized carbons (Fsp3) is 0.286. The van der Waals surface area contributed by atoms with Crippen molar-refractivity contribution in [2.24, 2.45) is 5.10 Å². The van der Waals surface area contributed by atoms with Crippen LogP contribution in [0.2, 0.25) is 0 Å². The normalized spacial score (nSPS) is 13.1. The number of hydrogen-bond donors (Lipinski definition) is 0. The minimum Gasteiger partial charge on any atom is -0.493 e. The van der Waals surface area contributed by atoms with E-state index in [0.717, 1.165) is 16.8 Å². The van der Waals surface area contributed by atoms with Crippen LogP contribution in [0, 0.1) is 6.92 Å². The van der Waals surface area contributed by atoms with Crippen LogP contribution >= 0.6 is 0 Å². The van der Waals surface area contributed by atoms with Gasteiger partial charge in [-0.25, -0.2) is 9.80 Å². The molecule has 28 heavy (non-hydrogen) atoms. The van der Waals surface area contributed by atoms with E-state index in [-0.39, 0.29) is 19.1 Å². The lowest BCUT2D eigenvalue weighted by Gasteiger charge is -2.13. The van der Waals surface area contributed by atoms with Gasteiger partial charge in [0.05, 0.1) is 19.4 Å². The summed E-state index contributed by atoms with van der Waals surface area (Å²) in [6, 6.07) is 15.0. The lowest BCUT2D eigenvalue weighted by molar-refractivity contribution is -0.153. The maximum Gasteiger partial charge on any atom is 0.344 e. The highest BCUT2D eigenvalue weighted by atomic mass is 16.6. The van der Waals surface area contributed by atoms with Crippen molar-refractivity contribution in [2.75, 3.05) is 26.9 Å². The van der Waals surface area contributed by atoms with Gasteiger partial charge in [-0.3, -0.25) is 4.79 Å². The average Bonchev–Trinajstić information content (AvgIpc) is 3.22. The monoisotopic (exact) mass is 382 g/mol. The first-order chi connectivity index (χ1) is 13.6. The van der Waals surface area contributed by atoms with Crippen LogP contribution in [0.4, 0.5) is 0 Å². The Labute approximate surface area is 163 Å². The van der Waals surface area contributed by atoms with Gasteiger partial charge in [-0.15, -0.1) is 0 Å². The standard InChI is InChI=1S/C21H22N2O5/c1-15-8-9-18(19(12-15)26-2)27-14-21(25)28-13-20(24)23-11-10-17(22-23)16-6-4-3-5-7-16/h3-9,12H,10-11,13-14H2,1-2H3. The second-order valence-electron chi connectivity index (χ2n) is 6.28. The number of aryl methyl sites for hydroxylation is 1. The predicted molar refractivity (Wildman–Crippen MR) is 103 cm³/mol. The molecular weight excluding hydrogens is 360 g/mol. The summed E-state index contributed by atoms with van der Waals surface area (Å²) in [4.78, 5) is 24.1. The first-order valence-corrected chi connectivity index (χ1v) is 8.93. The van der Waals surface area contributed by atoms with E-state index in [9.17, 15) is 9.59 Å². The Morgan fingerprint density at radius 3 is 2.61 bits per heavy atom. The Kier molecular flexibility index (Phi) is 6.26. The first-order valence-electron chi connectivity index (χ1n) is 8.93. The molecule has 0 fully saturated rings. The SMILES string of the molecule is COc1cc(C)ccc1OCC(=O)OCC(=O)N1CCC(c2ccccc2)=N1. The van der Waals surface area contributed by atoms with Gasteiger partial charge in [0.1, 0.15) is 0 Å². The molecular formula is C21H22N2O5. The largest absolute Gasteiger partial charge is 0.493 e. The van der Waals surface area contributed by atoms with Crippen LogP contribution in [0.25, 0.3) is 0 Å². The Hall–Kier alpha value is -3.35. The molecule has 7 nitrogen and oxygen atoms in total. The highest BCUT2D eigenvalue weighted by Gasteiger charge is 2.22. The highest BCUT2D eigenvalue weighted by Crippen LogP contribution is 2.27. The van der Waals surface area contributed by atoms with Crippen LogP contribution in [0.1, 0.15) is 17.5 Å². The molecule has 0 atom stereocenters. The Morgan fingerprint density at radius 1 is 1.07 bits per heavy atom. The molecule has 0 bridgehead atoms. The third kappa shape index (κ3) is 4.88. The summed E-state index contributed by atoms with van der Waals surface area (Å²) in [7, 11) is 1.53. The number of carbonyl (C=O) groups is 2. The third-order valence-corrected chi connectivity index (χ3v) is 4.22. The summed E-state index contributed by atoms with van der Waals surface area (Å²) < 4.78 is 15.7. The molecule has 2 aromatic rings. The van der Waals surface area contributed by atoms with Crippen molar-refractivity contribution < 1.29 is 23.8 Å². The maximum absolute atomic E-state index is 12.2. The number of hydrazone groups is 1. The number of ether oxygens (including phenoxy) is 3. The van der Waals surface area contributed by atoms with Gasteiger partial charge in [0.2, 0.25) is 0 Å². The molecule has 0 spiro atoms. The van der Waals surface area contributed by atoms with Crippen LogP contribution in [0.5, 0.6) is 11.5 Å². The molecule has 1 heterocycles. The maximum atomic E-state index is 12.2. The summed E-state index contributed by atoms with van der Waals surface area (Å²) in [5.74, 6) is -0.0358. The molecule has 1 aliphatic rings. The van der Waals surface area contributed by atoms with E-state index >= 15 is 0 Å². The zero-order valence-electron chi connectivity index (χ0n) is 15.9. The molecule has 1 aliphatic heterocycles. The molecule has 7 heteroatoms. The molecule has 0 aliphatic carbocycles. The zero-order chi connectivity index (χ0) is 19.9. The molecule has 0 aromatic heterocycles. The van der Waals surface area contributed by atoms with Crippen LogP contribution in [-0.2, 0) is 14.3 Å². The number of amides is 1. The Bertz CT molecular complexity index is 880. The Balaban J connectivity index is 1.47. The van der Waals surface area contributed by atoms with Gasteiger partial charge in [-0.1, -0.05) is 36.4 Å². The van der Waals surface area contributed by atoms with Crippen molar-refractivity contribution in [1.29, 1.82) is 0 Å². The van der Waals surface area contributed by atoms with Gasteiger partial charge < -0.3 is 14.2 Å². The second-order valence-corrected chi connectivity index (χ2v) is 6.28. The van der Waals surface area contributed by atoms with E-state index in [1.54, 1.807) is 12.1 Å². The van der Waals surface area contributed by atoms with Gasteiger partial charge in [-0.05, 0) is 30.2 Å². The number of hydrogen-bond acceptors (Lipinski definition) is 6. The molecule has 2 aromatic carbocycles. The highest BCUT2D eigenvalue weighted by molar-refractivity contribution is 6.02. The van der Waals surface area contributed by atoms with Gasteiger partial charge in [0, 0.05) is 6.42 Å². The van der Waals surface area contributed by atoms with Crippen LogP contribution < -0.4 is 9.47 Å². The number of rotatable bonds is 7. The molecule has 146 valence electrons. The van der Waals surface area contributed by atoms with Gasteiger partial charge in [0.15, 0.2) is 24.7 Å². The van der Waals surface area contributed by atoms with Gasteiger partial charge >= 0.3 is 5.97 Å². The summed E-state index contributed by atoms with van der Waals surface area (Å²) in [5, 5.41) is 5.65. The fourth-order valence-corrected chi connectivity index (χ4v) is 2.76. The minimum absolute atomic E-state index is 0.314. The van der Waals surface area contributed by atoms with Gasteiger partial charge in [0.25, 0.3) is 5.91 Å². The number of methoxy groups -OCH3 is 1. The van der Waals surface area contributed by atoms with E-state index in [0.29, 0.717) is 24.5 Å². The van der Waals surface area contributed by atoms with Crippen LogP contribution in [0.3, 0.4) is 0 Å². The molecule has 0 radical (unpaired) electrons. The van der Waals surface area contributed by atoms with E-state index in [2.05, 4.69) is 5.10 Å². The van der Waals surface area contributed by atoms with Crippen molar-refractivity contribution in [1.82, 2.24) is 5.01 Å². The molecule has 3 rings (SSSR count). The van der Waals surface area contributed by atoms with Gasteiger partial charge in [-0.2, -0.15) is 5.10 Å². The molecule has 0 saturated heterocycles. The number of benzene rings is 2. The lowest BCUT2D eigenvalue weighted by atomic mass is 10.1. The van der Waals surface area contributed by atoms with E-state index < -0.39 is 5.97 Å². The van der Waals surface area contributed by atoms with Crippen LogP contribution in [-0.4, -0.2) is 49.5 Å². The lowest BCUT2D eigenvalue weighted by Crippen LogP contribution is -2.29. The summed E-state index contributed by atoms with van der Waals surface area (Å²) in [5.41, 5.74) is 2.84. The quantitative estimate of drug-likeness (QED) is 0.688. The third-order valence-electron chi connectivity index (χ3n) is 4.22. The Morgan fingerprint density at radius 2 is 1.86 bits per heavy atom. The van der Waals surface area contributed by atoms with Crippen molar-refractivity contribution >= 4 is 17.6 Å². The molecule has 0 N–H and O–H groups in total.